The number of hydrogen-bond acceptors (Lipinski definition) is 4. The van der Waals surface area contributed by atoms with Crippen molar-refractivity contribution in [1.29, 1.82) is 5.26 Å². The van der Waals surface area contributed by atoms with Crippen LogP contribution in [-0.2, 0) is 11.4 Å². The highest BCUT2D eigenvalue weighted by Gasteiger charge is 2.10. The number of fused-ring (bicyclic) bond motifs is 1. The van der Waals surface area contributed by atoms with E-state index in [9.17, 15) is 10.1 Å². The minimum atomic E-state index is -0.449. The van der Waals surface area contributed by atoms with Gasteiger partial charge in [-0.15, -0.1) is 0 Å². The number of carbonyl (C=O) groups is 1. The van der Waals surface area contributed by atoms with Gasteiger partial charge in [-0.3, -0.25) is 4.79 Å². The van der Waals surface area contributed by atoms with E-state index >= 15 is 0 Å². The fourth-order valence-corrected chi connectivity index (χ4v) is 3.51. The first-order chi connectivity index (χ1) is 15.1. The Morgan fingerprint density at radius 2 is 1.94 bits per heavy atom. The number of nitriles is 1. The van der Waals surface area contributed by atoms with Gasteiger partial charge in [0.2, 0.25) is 0 Å². The van der Waals surface area contributed by atoms with Crippen molar-refractivity contribution in [3.05, 3.63) is 93.3 Å². The van der Waals surface area contributed by atoms with E-state index in [0.717, 1.165) is 26.0 Å². The smallest absolute Gasteiger partial charge is 0.266 e. The van der Waals surface area contributed by atoms with Gasteiger partial charge in [-0.25, -0.2) is 4.98 Å². The molecule has 0 fully saturated rings. The van der Waals surface area contributed by atoms with E-state index in [-0.39, 0.29) is 5.57 Å². The summed E-state index contributed by atoms with van der Waals surface area (Å²) in [7, 11) is 0. The van der Waals surface area contributed by atoms with Crippen LogP contribution in [0.3, 0.4) is 0 Å². The Balaban J connectivity index is 1.40. The molecule has 0 aliphatic carbocycles. The van der Waals surface area contributed by atoms with Crippen LogP contribution in [0.2, 0.25) is 0 Å². The summed E-state index contributed by atoms with van der Waals surface area (Å²) in [6.45, 7) is 0.311. The van der Waals surface area contributed by atoms with Crippen LogP contribution in [-0.4, -0.2) is 15.9 Å². The molecule has 0 bridgehead atoms. The van der Waals surface area contributed by atoms with Crippen LogP contribution < -0.4 is 10.1 Å². The molecule has 0 aliphatic heterocycles. The minimum Gasteiger partial charge on any atom is -0.486 e. The lowest BCUT2D eigenvalue weighted by Crippen LogP contribution is -2.13. The standard InChI is InChI=1S/C24H17IN4O2/c25-18-4-3-5-19(13-18)27-24(30)17(14-26)12-16-8-10-20(11-9-16)31-15-23-28-21-6-1-2-7-22(21)29-23/h1-13H,15H2,(H,27,30)(H,28,29)/b17-12+. The van der Waals surface area contributed by atoms with Gasteiger partial charge >= 0.3 is 0 Å². The molecule has 0 atom stereocenters. The van der Waals surface area contributed by atoms with Gasteiger partial charge in [-0.2, -0.15) is 5.26 Å². The SMILES string of the molecule is N#C/C(=C\c1ccc(OCc2nc3ccccc3[nH]2)cc1)C(=O)Nc1cccc(I)c1. The molecule has 1 heterocycles. The third kappa shape index (κ3) is 5.29. The van der Waals surface area contributed by atoms with E-state index in [1.165, 1.54) is 0 Å². The number of hydrogen-bond donors (Lipinski definition) is 2. The molecule has 0 saturated carbocycles. The van der Waals surface area contributed by atoms with E-state index in [1.807, 2.05) is 48.5 Å². The number of imidazole rings is 1. The Bertz CT molecular complexity index is 1270. The average Bonchev–Trinajstić information content (AvgIpc) is 3.20. The molecule has 4 rings (SSSR count). The Hall–Kier alpha value is -3.64. The van der Waals surface area contributed by atoms with Gasteiger partial charge in [-0.05, 0) is 76.7 Å². The van der Waals surface area contributed by atoms with Crippen LogP contribution >= 0.6 is 22.6 Å². The Morgan fingerprint density at radius 3 is 2.68 bits per heavy atom. The van der Waals surface area contributed by atoms with Crippen LogP contribution in [0.4, 0.5) is 5.69 Å². The lowest BCUT2D eigenvalue weighted by Gasteiger charge is -2.06. The fourth-order valence-electron chi connectivity index (χ4n) is 2.97. The van der Waals surface area contributed by atoms with E-state index in [0.29, 0.717) is 18.0 Å². The molecule has 0 aliphatic rings. The molecule has 31 heavy (non-hydrogen) atoms. The highest BCUT2D eigenvalue weighted by atomic mass is 127. The van der Waals surface area contributed by atoms with Crippen molar-refractivity contribution in [3.63, 3.8) is 0 Å². The predicted molar refractivity (Wildman–Crippen MR) is 128 cm³/mol. The van der Waals surface area contributed by atoms with Crippen molar-refractivity contribution < 1.29 is 9.53 Å². The highest BCUT2D eigenvalue weighted by Crippen LogP contribution is 2.18. The largest absolute Gasteiger partial charge is 0.486 e. The summed E-state index contributed by atoms with van der Waals surface area (Å²) in [5.74, 6) is 0.957. The lowest BCUT2D eigenvalue weighted by atomic mass is 10.1. The third-order valence-electron chi connectivity index (χ3n) is 4.45. The molecular formula is C24H17IN4O2. The first-order valence-electron chi connectivity index (χ1n) is 9.46. The monoisotopic (exact) mass is 520 g/mol. The van der Waals surface area contributed by atoms with E-state index in [4.69, 9.17) is 4.74 Å². The van der Waals surface area contributed by atoms with Crippen molar-refractivity contribution in [2.75, 3.05) is 5.32 Å². The Kier molecular flexibility index (Phi) is 6.29. The summed E-state index contributed by atoms with van der Waals surface area (Å²) >= 11 is 2.17. The Morgan fingerprint density at radius 1 is 1.13 bits per heavy atom. The zero-order chi connectivity index (χ0) is 21.6. The molecule has 1 aromatic heterocycles. The van der Waals surface area contributed by atoms with Gasteiger partial charge in [0.15, 0.2) is 0 Å². The highest BCUT2D eigenvalue weighted by molar-refractivity contribution is 14.1. The summed E-state index contributed by atoms with van der Waals surface area (Å²) in [6, 6.07) is 24.3. The van der Waals surface area contributed by atoms with Gasteiger partial charge in [0.1, 0.15) is 29.8 Å². The normalized spacial score (nSPS) is 11.2. The number of anilines is 1. The van der Waals surface area contributed by atoms with Crippen LogP contribution in [0.15, 0.2) is 78.4 Å². The summed E-state index contributed by atoms with van der Waals surface area (Å²) in [5, 5.41) is 12.1. The second-order valence-electron chi connectivity index (χ2n) is 6.69. The van der Waals surface area contributed by atoms with E-state index in [2.05, 4.69) is 37.9 Å². The number of H-pyrrole nitrogens is 1. The fraction of sp³-hybridized carbons (Fsp3) is 0.0417. The summed E-state index contributed by atoms with van der Waals surface area (Å²) in [4.78, 5) is 20.1. The number of aromatic amines is 1. The number of halogens is 1. The van der Waals surface area contributed by atoms with Gasteiger partial charge in [0.25, 0.3) is 5.91 Å². The van der Waals surface area contributed by atoms with Crippen LogP contribution in [0.5, 0.6) is 5.75 Å². The van der Waals surface area contributed by atoms with E-state index in [1.54, 1.807) is 36.4 Å². The first-order valence-corrected chi connectivity index (χ1v) is 10.5. The maximum Gasteiger partial charge on any atom is 0.266 e. The molecular weight excluding hydrogens is 503 g/mol. The molecule has 152 valence electrons. The number of nitrogens with one attached hydrogen (secondary N) is 2. The number of rotatable bonds is 6. The van der Waals surface area contributed by atoms with Crippen LogP contribution in [0, 0.1) is 14.9 Å². The predicted octanol–water partition coefficient (Wildman–Crippen LogP) is 5.29. The van der Waals surface area contributed by atoms with Gasteiger partial charge in [-0.1, -0.05) is 30.3 Å². The van der Waals surface area contributed by atoms with Gasteiger partial charge < -0.3 is 15.0 Å². The molecule has 0 unspecified atom stereocenters. The second-order valence-corrected chi connectivity index (χ2v) is 7.94. The molecule has 7 heteroatoms. The topological polar surface area (TPSA) is 90.8 Å². The van der Waals surface area contributed by atoms with Gasteiger partial charge in [0.05, 0.1) is 11.0 Å². The first kappa shape index (κ1) is 20.6. The average molecular weight is 520 g/mol. The second kappa shape index (κ2) is 9.45. The number of nitrogens with zero attached hydrogens (tertiary/aromatic N) is 2. The van der Waals surface area contributed by atoms with Crippen molar-refractivity contribution in [3.8, 4) is 11.8 Å². The molecule has 0 radical (unpaired) electrons. The van der Waals surface area contributed by atoms with Crippen molar-refractivity contribution >= 4 is 51.3 Å². The summed E-state index contributed by atoms with van der Waals surface area (Å²) in [5.41, 5.74) is 3.26. The molecule has 4 aromatic rings. The maximum atomic E-state index is 12.4. The summed E-state index contributed by atoms with van der Waals surface area (Å²) < 4.78 is 6.78. The zero-order valence-electron chi connectivity index (χ0n) is 16.3. The van der Waals surface area contributed by atoms with Crippen LogP contribution in [0.25, 0.3) is 17.1 Å². The van der Waals surface area contributed by atoms with Crippen molar-refractivity contribution in [2.24, 2.45) is 0 Å². The molecule has 3 aromatic carbocycles. The number of carbonyl (C=O) groups excluding carboxylic acids is 1. The number of ether oxygens (including phenoxy) is 1. The number of aromatic nitrogens is 2. The molecule has 0 saturated heterocycles. The van der Waals surface area contributed by atoms with Gasteiger partial charge in [0, 0.05) is 9.26 Å². The quantitative estimate of drug-likeness (QED) is 0.205. The molecule has 6 nitrogen and oxygen atoms in total. The number of amides is 1. The van der Waals surface area contributed by atoms with Crippen molar-refractivity contribution in [2.45, 2.75) is 6.61 Å². The van der Waals surface area contributed by atoms with Crippen LogP contribution in [0.1, 0.15) is 11.4 Å². The number of para-hydroxylation sites is 2. The summed E-state index contributed by atoms with van der Waals surface area (Å²) in [6.07, 6.45) is 1.55. The molecule has 0 spiro atoms. The molecule has 2 N–H and O–H groups in total. The third-order valence-corrected chi connectivity index (χ3v) is 5.12. The maximum absolute atomic E-state index is 12.4. The molecule has 1 amide bonds. The minimum absolute atomic E-state index is 0.0230. The lowest BCUT2D eigenvalue weighted by molar-refractivity contribution is -0.112. The van der Waals surface area contributed by atoms with E-state index < -0.39 is 5.91 Å². The number of benzene rings is 3. The zero-order valence-corrected chi connectivity index (χ0v) is 18.5. The van der Waals surface area contributed by atoms with Crippen molar-refractivity contribution in [1.82, 2.24) is 9.97 Å². The Labute approximate surface area is 192 Å².